The number of methoxy groups -OCH3 is 1. The van der Waals surface area contributed by atoms with Gasteiger partial charge in [-0.05, 0) is 76.3 Å². The fraction of sp³-hybridized carbons (Fsp3) is 0.212. The fourth-order valence-corrected chi connectivity index (χ4v) is 6.53. The largest absolute Gasteiger partial charge is 0.490 e. The Morgan fingerprint density at radius 2 is 1.80 bits per heavy atom. The summed E-state index contributed by atoms with van der Waals surface area (Å²) in [4.78, 5) is 43.3. The van der Waals surface area contributed by atoms with E-state index in [1.165, 1.54) is 30.6 Å². The molecule has 0 amide bonds. The van der Waals surface area contributed by atoms with Gasteiger partial charge in [0.2, 0.25) is 0 Å². The van der Waals surface area contributed by atoms with E-state index in [9.17, 15) is 14.4 Å². The highest BCUT2D eigenvalue weighted by atomic mass is 79.9. The Morgan fingerprint density at radius 3 is 2.43 bits per heavy atom. The minimum atomic E-state index is -0.993. The number of carboxylic acids is 1. The quantitative estimate of drug-likeness (QED) is 0.229. The number of benzene rings is 3. The first-order chi connectivity index (χ1) is 21.2. The van der Waals surface area contributed by atoms with Crippen molar-refractivity contribution >= 4 is 45.3 Å². The minimum absolute atomic E-state index is 0.193. The summed E-state index contributed by atoms with van der Waals surface area (Å²) in [6, 6.07) is 18.8. The van der Waals surface area contributed by atoms with Gasteiger partial charge in [-0.2, -0.15) is 0 Å². The molecule has 0 fully saturated rings. The van der Waals surface area contributed by atoms with Gasteiger partial charge in [0.05, 0.1) is 45.6 Å². The first-order valence-corrected chi connectivity index (χ1v) is 15.5. The number of hydrogen-bond acceptors (Lipinski definition) is 8. The molecular weight excluding hydrogens is 648 g/mol. The van der Waals surface area contributed by atoms with E-state index < -0.39 is 18.0 Å². The molecule has 11 heteroatoms. The lowest BCUT2D eigenvalue weighted by atomic mass is 9.95. The topological polar surface area (TPSA) is 116 Å². The van der Waals surface area contributed by atoms with E-state index in [4.69, 9.17) is 24.3 Å². The predicted octanol–water partition coefficient (Wildman–Crippen LogP) is 5.24. The minimum Gasteiger partial charge on any atom is -0.490 e. The predicted molar refractivity (Wildman–Crippen MR) is 170 cm³/mol. The Morgan fingerprint density at radius 1 is 1.07 bits per heavy atom. The van der Waals surface area contributed by atoms with Crippen LogP contribution in [0.1, 0.15) is 53.4 Å². The molecule has 3 aromatic carbocycles. The number of aromatic nitrogens is 1. The molecular formula is C33H29BrN2O7S. The molecule has 0 bridgehead atoms. The lowest BCUT2D eigenvalue weighted by Crippen LogP contribution is -2.40. The molecule has 0 saturated carbocycles. The maximum Gasteiger partial charge on any atom is 0.338 e. The first-order valence-electron chi connectivity index (χ1n) is 13.8. The Hall–Kier alpha value is -4.48. The summed E-state index contributed by atoms with van der Waals surface area (Å²) in [6.45, 7) is 4.35. The summed E-state index contributed by atoms with van der Waals surface area (Å²) >= 11 is 4.84. The van der Waals surface area contributed by atoms with Crippen molar-refractivity contribution in [3.05, 3.63) is 124 Å². The lowest BCUT2D eigenvalue weighted by Gasteiger charge is -2.25. The third kappa shape index (κ3) is 6.24. The highest BCUT2D eigenvalue weighted by molar-refractivity contribution is 9.10. The van der Waals surface area contributed by atoms with E-state index in [-0.39, 0.29) is 17.7 Å². The van der Waals surface area contributed by atoms with Crippen molar-refractivity contribution in [2.75, 3.05) is 13.7 Å². The Bertz CT molecular complexity index is 1930. The second-order valence-corrected chi connectivity index (χ2v) is 11.6. The molecule has 44 heavy (non-hydrogen) atoms. The van der Waals surface area contributed by atoms with Crippen molar-refractivity contribution in [2.45, 2.75) is 32.9 Å². The zero-order valence-electron chi connectivity index (χ0n) is 24.2. The molecule has 4 aromatic rings. The van der Waals surface area contributed by atoms with Gasteiger partial charge in [0.15, 0.2) is 16.3 Å². The van der Waals surface area contributed by atoms with Crippen LogP contribution in [0.3, 0.4) is 0 Å². The van der Waals surface area contributed by atoms with Crippen molar-refractivity contribution in [2.24, 2.45) is 4.99 Å². The number of carbonyl (C=O) groups is 2. The van der Waals surface area contributed by atoms with Gasteiger partial charge in [-0.3, -0.25) is 9.36 Å². The van der Waals surface area contributed by atoms with E-state index in [0.29, 0.717) is 55.2 Å². The van der Waals surface area contributed by atoms with Crippen LogP contribution in [0.15, 0.2) is 92.3 Å². The van der Waals surface area contributed by atoms with Crippen LogP contribution in [-0.2, 0) is 16.1 Å². The Balaban J connectivity index is 1.56. The molecule has 0 radical (unpaired) electrons. The van der Waals surface area contributed by atoms with Crippen molar-refractivity contribution in [3.63, 3.8) is 0 Å². The second kappa shape index (κ2) is 13.4. The van der Waals surface area contributed by atoms with E-state index in [0.717, 1.165) is 11.1 Å². The summed E-state index contributed by atoms with van der Waals surface area (Å²) in [5.41, 5.74) is 3.12. The summed E-state index contributed by atoms with van der Waals surface area (Å²) in [6.07, 6.45) is 2.26. The van der Waals surface area contributed by atoms with Crippen LogP contribution in [-0.4, -0.2) is 35.3 Å². The maximum atomic E-state index is 13.9. The zero-order chi connectivity index (χ0) is 31.4. The van der Waals surface area contributed by atoms with Gasteiger partial charge in [-0.25, -0.2) is 14.6 Å². The van der Waals surface area contributed by atoms with E-state index in [1.54, 1.807) is 28.8 Å². The number of esters is 1. The second-order valence-electron chi connectivity index (χ2n) is 9.75. The zero-order valence-corrected chi connectivity index (χ0v) is 26.6. The number of carboxylic acid groups (broad SMARTS) is 1. The van der Waals surface area contributed by atoms with Gasteiger partial charge in [-0.15, -0.1) is 0 Å². The first kappa shape index (κ1) is 31.0. The highest BCUT2D eigenvalue weighted by Gasteiger charge is 2.33. The van der Waals surface area contributed by atoms with Crippen molar-refractivity contribution < 1.29 is 28.9 Å². The van der Waals surface area contributed by atoms with Crippen molar-refractivity contribution in [1.82, 2.24) is 4.57 Å². The number of thiazole rings is 1. The molecule has 226 valence electrons. The van der Waals surface area contributed by atoms with Gasteiger partial charge in [0.25, 0.3) is 5.56 Å². The number of halogens is 1. The molecule has 5 rings (SSSR count). The molecule has 1 aliphatic rings. The Labute approximate surface area is 265 Å². The summed E-state index contributed by atoms with van der Waals surface area (Å²) in [5.74, 6) is -0.557. The number of carbonyl (C=O) groups excluding carboxylic acids is 1. The molecule has 0 aliphatic carbocycles. The molecule has 1 atom stereocenters. The number of hydrogen-bond donors (Lipinski definition) is 1. The lowest BCUT2D eigenvalue weighted by molar-refractivity contribution is -0.136. The number of aromatic carboxylic acids is 1. The maximum absolute atomic E-state index is 13.9. The number of rotatable bonds is 10. The molecule has 2 heterocycles. The van der Waals surface area contributed by atoms with Crippen LogP contribution in [0, 0.1) is 0 Å². The Kier molecular flexibility index (Phi) is 9.46. The monoisotopic (exact) mass is 676 g/mol. The normalized spacial score (nSPS) is 14.5. The highest BCUT2D eigenvalue weighted by Crippen LogP contribution is 2.38. The van der Waals surface area contributed by atoms with Crippen molar-refractivity contribution in [1.29, 1.82) is 0 Å². The SMILES string of the molecule is CCOc1cc(/C=c2\sc3n(c2=O)[C@H](c2ccccc2)C(C(=O)OC)=C(CC)N=3)cc(Br)c1OCc1ccc(C(=O)O)cc1. The standard InChI is InChI=1S/C33H29BrN2O7S/c1-4-24-27(32(40)41-3)28(21-9-7-6-8-10-21)36-30(37)26(44-33(36)35-24)17-20-15-23(34)29(25(16-20)42-5-2)43-18-19-11-13-22(14-12-19)31(38)39/h6-17,28H,4-5,18H2,1-3H3,(H,38,39)/b26-17-/t28-/m1/s1. The third-order valence-electron chi connectivity index (χ3n) is 6.98. The van der Waals surface area contributed by atoms with Crippen LogP contribution in [0.4, 0.5) is 0 Å². The molecule has 0 spiro atoms. The fourth-order valence-electron chi connectivity index (χ4n) is 4.94. The number of ether oxygens (including phenoxy) is 3. The van der Waals surface area contributed by atoms with Crippen LogP contribution in [0.5, 0.6) is 11.5 Å². The summed E-state index contributed by atoms with van der Waals surface area (Å²) in [5, 5.41) is 9.14. The van der Waals surface area contributed by atoms with Gasteiger partial charge in [-0.1, -0.05) is 60.7 Å². The van der Waals surface area contributed by atoms with Gasteiger partial charge in [0, 0.05) is 0 Å². The number of fused-ring (bicyclic) bond motifs is 1. The van der Waals surface area contributed by atoms with Gasteiger partial charge < -0.3 is 19.3 Å². The van der Waals surface area contributed by atoms with E-state index in [1.807, 2.05) is 50.2 Å². The number of allylic oxidation sites excluding steroid dienone is 1. The molecule has 1 aliphatic heterocycles. The molecule has 0 unspecified atom stereocenters. The molecule has 9 nitrogen and oxygen atoms in total. The molecule has 1 N–H and O–H groups in total. The van der Waals surface area contributed by atoms with Crippen LogP contribution in [0.25, 0.3) is 6.08 Å². The van der Waals surface area contributed by atoms with Gasteiger partial charge in [0.1, 0.15) is 6.61 Å². The van der Waals surface area contributed by atoms with Crippen LogP contribution >= 0.6 is 27.3 Å². The van der Waals surface area contributed by atoms with Crippen LogP contribution in [0.2, 0.25) is 0 Å². The molecule has 1 aromatic heterocycles. The van der Waals surface area contributed by atoms with Gasteiger partial charge >= 0.3 is 11.9 Å². The van der Waals surface area contributed by atoms with E-state index >= 15 is 0 Å². The average molecular weight is 678 g/mol. The smallest absolute Gasteiger partial charge is 0.338 e. The third-order valence-corrected chi connectivity index (χ3v) is 8.55. The summed E-state index contributed by atoms with van der Waals surface area (Å²) in [7, 11) is 1.33. The molecule has 0 saturated heterocycles. The average Bonchev–Trinajstić information content (AvgIpc) is 3.34. The van der Waals surface area contributed by atoms with Crippen molar-refractivity contribution in [3.8, 4) is 11.5 Å². The van der Waals surface area contributed by atoms with E-state index in [2.05, 4.69) is 15.9 Å². The number of nitrogens with zero attached hydrogens (tertiary/aromatic N) is 2. The summed E-state index contributed by atoms with van der Waals surface area (Å²) < 4.78 is 19.7. The van der Waals surface area contributed by atoms with Crippen LogP contribution < -0.4 is 24.4 Å².